The van der Waals surface area contributed by atoms with Gasteiger partial charge in [-0.05, 0) is 56.3 Å². The fraction of sp³-hybridized carbons (Fsp3) is 0.174. The summed E-state index contributed by atoms with van der Waals surface area (Å²) in [6.07, 6.45) is 0.0962. The summed E-state index contributed by atoms with van der Waals surface area (Å²) in [6.45, 7) is 3.82. The lowest BCUT2D eigenvalue weighted by molar-refractivity contribution is -0.121. The van der Waals surface area contributed by atoms with Crippen LogP contribution in [-0.2, 0) is 9.59 Å². The van der Waals surface area contributed by atoms with Crippen molar-refractivity contribution in [1.29, 1.82) is 0 Å². The van der Waals surface area contributed by atoms with Crippen LogP contribution >= 0.6 is 11.8 Å². The molecule has 2 aromatic carbocycles. The van der Waals surface area contributed by atoms with Crippen molar-refractivity contribution in [2.45, 2.75) is 30.7 Å². The highest BCUT2D eigenvalue weighted by Gasteiger charge is 2.41. The van der Waals surface area contributed by atoms with Crippen molar-refractivity contribution >= 4 is 35.0 Å². The highest BCUT2D eigenvalue weighted by molar-refractivity contribution is 8.00. The molecule has 0 saturated carbocycles. The van der Waals surface area contributed by atoms with Crippen molar-refractivity contribution in [3.63, 3.8) is 0 Å². The van der Waals surface area contributed by atoms with Crippen LogP contribution in [0.2, 0.25) is 0 Å². The number of anilines is 1. The minimum atomic E-state index is -0.573. The monoisotopic (exact) mass is 445 g/mol. The van der Waals surface area contributed by atoms with Gasteiger partial charge in [-0.15, -0.1) is 10.2 Å². The first-order chi connectivity index (χ1) is 15.5. The van der Waals surface area contributed by atoms with Gasteiger partial charge in [0.25, 0.3) is 5.78 Å². The van der Waals surface area contributed by atoms with Gasteiger partial charge < -0.3 is 4.74 Å². The topological polar surface area (TPSA) is 89.7 Å². The molecule has 160 valence electrons. The first-order valence-corrected chi connectivity index (χ1v) is 10.9. The second kappa shape index (κ2) is 8.08. The van der Waals surface area contributed by atoms with Crippen LogP contribution in [0.3, 0.4) is 0 Å². The van der Waals surface area contributed by atoms with E-state index in [1.165, 1.54) is 16.7 Å². The highest BCUT2D eigenvalue weighted by Crippen LogP contribution is 2.34. The molecular formula is C23H19N5O3S. The van der Waals surface area contributed by atoms with Gasteiger partial charge in [-0.1, -0.05) is 30.0 Å². The van der Waals surface area contributed by atoms with E-state index in [1.54, 1.807) is 28.7 Å². The zero-order chi connectivity index (χ0) is 22.2. The number of thioether (sulfide) groups is 1. The molecular weight excluding hydrogens is 426 g/mol. The third-order valence-electron chi connectivity index (χ3n) is 5.09. The highest BCUT2D eigenvalue weighted by atomic mass is 32.2. The normalized spacial score (nSPS) is 16.2. The summed E-state index contributed by atoms with van der Waals surface area (Å²) in [5.41, 5.74) is 2.28. The largest absolute Gasteiger partial charge is 0.457 e. The maximum absolute atomic E-state index is 13.1. The molecule has 1 saturated heterocycles. The fourth-order valence-electron chi connectivity index (χ4n) is 3.66. The Kier molecular flexibility index (Phi) is 5.10. The number of hydrogen-bond acceptors (Lipinski definition) is 7. The Bertz CT molecular complexity index is 1320. The number of carbonyl (C=O) groups is 2. The Morgan fingerprint density at radius 1 is 0.969 bits per heavy atom. The molecule has 0 aliphatic carbocycles. The number of amides is 2. The predicted octanol–water partition coefficient (Wildman–Crippen LogP) is 3.96. The summed E-state index contributed by atoms with van der Waals surface area (Å²) >= 11 is 1.24. The first kappa shape index (κ1) is 20.2. The van der Waals surface area contributed by atoms with Gasteiger partial charge in [-0.2, -0.15) is 0 Å². The maximum Gasteiger partial charge on any atom is 0.256 e. The molecule has 4 aromatic rings. The van der Waals surface area contributed by atoms with E-state index in [0.29, 0.717) is 28.1 Å². The average Bonchev–Trinajstić information content (AvgIpc) is 3.30. The number of imide groups is 1. The lowest BCUT2D eigenvalue weighted by Crippen LogP contribution is -2.31. The summed E-state index contributed by atoms with van der Waals surface area (Å²) < 4.78 is 7.58. The molecule has 0 spiro atoms. The van der Waals surface area contributed by atoms with E-state index in [2.05, 4.69) is 15.2 Å². The molecule has 2 amide bonds. The summed E-state index contributed by atoms with van der Waals surface area (Å²) in [7, 11) is 0. The number of carbonyl (C=O) groups excluding carboxylic acids is 2. The van der Waals surface area contributed by atoms with Crippen LogP contribution in [0.5, 0.6) is 11.5 Å². The number of ether oxygens (including phenoxy) is 1. The van der Waals surface area contributed by atoms with Gasteiger partial charge in [0, 0.05) is 17.8 Å². The van der Waals surface area contributed by atoms with Crippen LogP contribution < -0.4 is 9.64 Å². The second-order valence-electron chi connectivity index (χ2n) is 7.44. The number of benzene rings is 2. The van der Waals surface area contributed by atoms with Gasteiger partial charge in [0.2, 0.25) is 11.8 Å². The number of aromatic nitrogens is 4. The molecule has 1 fully saturated rings. The summed E-state index contributed by atoms with van der Waals surface area (Å²) in [4.78, 5) is 31.3. The Morgan fingerprint density at radius 3 is 2.44 bits per heavy atom. The van der Waals surface area contributed by atoms with Crippen LogP contribution in [0.1, 0.15) is 17.8 Å². The lowest BCUT2D eigenvalue weighted by atomic mass is 10.2. The molecule has 0 bridgehead atoms. The van der Waals surface area contributed by atoms with E-state index in [4.69, 9.17) is 4.74 Å². The zero-order valence-corrected chi connectivity index (χ0v) is 18.2. The molecule has 2 aromatic heterocycles. The van der Waals surface area contributed by atoms with Crippen LogP contribution in [0, 0.1) is 13.8 Å². The third kappa shape index (κ3) is 3.71. The van der Waals surface area contributed by atoms with Crippen LogP contribution in [0.15, 0.2) is 65.8 Å². The van der Waals surface area contributed by atoms with E-state index < -0.39 is 5.25 Å². The maximum atomic E-state index is 13.1. The lowest BCUT2D eigenvalue weighted by Gasteiger charge is -2.15. The van der Waals surface area contributed by atoms with E-state index in [-0.39, 0.29) is 18.2 Å². The molecule has 9 heteroatoms. The zero-order valence-electron chi connectivity index (χ0n) is 17.4. The first-order valence-electron chi connectivity index (χ1n) is 10.1. The number of fused-ring (bicyclic) bond motifs is 1. The Hall–Kier alpha value is -3.72. The average molecular weight is 446 g/mol. The van der Waals surface area contributed by atoms with Gasteiger partial charge in [0.15, 0.2) is 5.16 Å². The van der Waals surface area contributed by atoms with E-state index in [9.17, 15) is 9.59 Å². The third-order valence-corrected chi connectivity index (χ3v) is 6.22. The Labute approximate surface area is 188 Å². The molecule has 0 radical (unpaired) electrons. The number of nitrogens with zero attached hydrogens (tertiary/aromatic N) is 5. The van der Waals surface area contributed by atoms with Crippen LogP contribution in [-0.4, -0.2) is 36.6 Å². The van der Waals surface area contributed by atoms with Crippen LogP contribution in [0.4, 0.5) is 5.69 Å². The van der Waals surface area contributed by atoms with Gasteiger partial charge in [-0.3, -0.25) is 14.0 Å². The van der Waals surface area contributed by atoms with E-state index in [0.717, 1.165) is 11.4 Å². The number of aryl methyl sites for hydroxylation is 2. The van der Waals surface area contributed by atoms with Crippen molar-refractivity contribution in [3.05, 3.63) is 72.1 Å². The van der Waals surface area contributed by atoms with Gasteiger partial charge >= 0.3 is 0 Å². The molecule has 1 atom stereocenters. The molecule has 0 N–H and O–H groups in total. The summed E-state index contributed by atoms with van der Waals surface area (Å²) in [5, 5.41) is 8.26. The van der Waals surface area contributed by atoms with E-state index >= 15 is 0 Å². The minimum Gasteiger partial charge on any atom is -0.457 e. The van der Waals surface area contributed by atoms with Crippen LogP contribution in [0.25, 0.3) is 5.78 Å². The molecule has 32 heavy (non-hydrogen) atoms. The van der Waals surface area contributed by atoms with Crippen molar-refractivity contribution in [3.8, 4) is 11.5 Å². The smallest absolute Gasteiger partial charge is 0.256 e. The molecule has 1 aliphatic rings. The molecule has 1 aliphatic heterocycles. The minimum absolute atomic E-state index is 0.0962. The quantitative estimate of drug-likeness (QED) is 0.430. The predicted molar refractivity (Wildman–Crippen MR) is 120 cm³/mol. The summed E-state index contributed by atoms with van der Waals surface area (Å²) in [6, 6.07) is 18.2. The van der Waals surface area contributed by atoms with Gasteiger partial charge in [0.1, 0.15) is 16.7 Å². The van der Waals surface area contributed by atoms with Crippen molar-refractivity contribution in [1.82, 2.24) is 19.6 Å². The number of para-hydroxylation sites is 1. The van der Waals surface area contributed by atoms with E-state index in [1.807, 2.05) is 50.2 Å². The second-order valence-corrected chi connectivity index (χ2v) is 8.61. The standard InChI is InChI=1S/C23H19N5O3S/c1-14-12-15(2)27-22(24-14)25-26-23(27)32-19-13-20(29)28(21(19)30)16-8-10-18(11-9-16)31-17-6-4-3-5-7-17/h3-12,19H,13H2,1-2H3. The summed E-state index contributed by atoms with van der Waals surface area (Å²) in [5.74, 6) is 1.30. The molecule has 3 heterocycles. The van der Waals surface area contributed by atoms with Gasteiger partial charge in [-0.25, -0.2) is 9.88 Å². The SMILES string of the molecule is Cc1cc(C)n2c(SC3CC(=O)N(c4ccc(Oc5ccccc5)cc4)C3=O)nnc2n1. The Morgan fingerprint density at radius 2 is 1.69 bits per heavy atom. The molecule has 5 rings (SSSR count). The van der Waals surface area contributed by atoms with Crippen molar-refractivity contribution in [2.24, 2.45) is 0 Å². The number of hydrogen-bond donors (Lipinski definition) is 0. The molecule has 1 unspecified atom stereocenters. The molecule has 8 nitrogen and oxygen atoms in total. The van der Waals surface area contributed by atoms with Crippen molar-refractivity contribution < 1.29 is 14.3 Å². The van der Waals surface area contributed by atoms with Crippen molar-refractivity contribution in [2.75, 3.05) is 4.90 Å². The Balaban J connectivity index is 1.34. The fourth-order valence-corrected chi connectivity index (χ4v) is 4.76. The number of rotatable bonds is 5. The van der Waals surface area contributed by atoms with Gasteiger partial charge in [0.05, 0.1) is 5.69 Å².